The van der Waals surface area contributed by atoms with Gasteiger partial charge in [-0.3, -0.25) is 0 Å². The lowest BCUT2D eigenvalue weighted by molar-refractivity contribution is 0.303. The molecular formula is C18H24N4O3S. The van der Waals surface area contributed by atoms with Crippen molar-refractivity contribution in [2.45, 2.75) is 25.2 Å². The topological polar surface area (TPSA) is 75.6 Å². The summed E-state index contributed by atoms with van der Waals surface area (Å²) in [5.74, 6) is 1.99. The van der Waals surface area contributed by atoms with Crippen LogP contribution in [0.5, 0.6) is 5.88 Å². The van der Waals surface area contributed by atoms with Gasteiger partial charge in [0.25, 0.3) is 0 Å². The normalized spacial score (nSPS) is 15.8. The molecule has 0 bridgehead atoms. The van der Waals surface area contributed by atoms with Crippen LogP contribution < -0.4 is 9.64 Å². The molecule has 2 heterocycles. The van der Waals surface area contributed by atoms with Gasteiger partial charge >= 0.3 is 0 Å². The number of sulfonamides is 1. The molecule has 0 radical (unpaired) electrons. The van der Waals surface area contributed by atoms with E-state index in [1.807, 2.05) is 26.0 Å². The molecule has 0 N–H and O–H groups in total. The van der Waals surface area contributed by atoms with Gasteiger partial charge in [0.2, 0.25) is 15.9 Å². The summed E-state index contributed by atoms with van der Waals surface area (Å²) >= 11 is 0. The van der Waals surface area contributed by atoms with Crippen molar-refractivity contribution in [3.05, 3.63) is 42.2 Å². The van der Waals surface area contributed by atoms with Gasteiger partial charge in [0.05, 0.1) is 11.5 Å². The molecule has 7 nitrogen and oxygen atoms in total. The summed E-state index contributed by atoms with van der Waals surface area (Å²) in [6, 6.07) is 10.4. The predicted molar refractivity (Wildman–Crippen MR) is 100.0 cm³/mol. The SMILES string of the molecule is CCCOc1cc(N2CCN(S(=O)(=O)c3ccccc3)CC2)nc(C)n1. The molecule has 8 heteroatoms. The Labute approximate surface area is 154 Å². The van der Waals surface area contributed by atoms with Crippen LogP contribution in [0, 0.1) is 6.92 Å². The zero-order valence-corrected chi connectivity index (χ0v) is 15.9. The molecule has 1 aliphatic rings. The van der Waals surface area contributed by atoms with Gasteiger partial charge in [0, 0.05) is 32.2 Å². The van der Waals surface area contributed by atoms with Crippen molar-refractivity contribution in [1.29, 1.82) is 0 Å². The quantitative estimate of drug-likeness (QED) is 0.768. The largest absolute Gasteiger partial charge is 0.478 e. The van der Waals surface area contributed by atoms with Gasteiger partial charge in [-0.25, -0.2) is 13.4 Å². The first kappa shape index (κ1) is 18.6. The molecule has 1 saturated heterocycles. The van der Waals surface area contributed by atoms with Gasteiger partial charge in [-0.2, -0.15) is 9.29 Å². The first-order valence-corrected chi connectivity index (χ1v) is 10.2. The van der Waals surface area contributed by atoms with Gasteiger partial charge in [-0.15, -0.1) is 0 Å². The molecule has 140 valence electrons. The first-order valence-electron chi connectivity index (χ1n) is 8.79. The molecule has 0 amide bonds. The van der Waals surface area contributed by atoms with Crippen LogP contribution in [0.1, 0.15) is 19.2 Å². The molecule has 0 unspecified atom stereocenters. The minimum absolute atomic E-state index is 0.335. The summed E-state index contributed by atoms with van der Waals surface area (Å²) < 4.78 is 32.6. The standard InChI is InChI=1S/C18H24N4O3S/c1-3-13-25-18-14-17(19-15(2)20-18)21-9-11-22(12-10-21)26(23,24)16-7-5-4-6-8-16/h4-8,14H,3,9-13H2,1-2H3. The van der Waals surface area contributed by atoms with E-state index >= 15 is 0 Å². The highest BCUT2D eigenvalue weighted by molar-refractivity contribution is 7.89. The third kappa shape index (κ3) is 4.13. The Hall–Kier alpha value is -2.19. The molecular weight excluding hydrogens is 352 g/mol. The van der Waals surface area contributed by atoms with E-state index in [9.17, 15) is 8.42 Å². The third-order valence-corrected chi connectivity index (χ3v) is 6.11. The summed E-state index contributed by atoms with van der Waals surface area (Å²) in [5, 5.41) is 0. The Morgan fingerprint density at radius 3 is 2.42 bits per heavy atom. The zero-order chi connectivity index (χ0) is 18.6. The maximum Gasteiger partial charge on any atom is 0.243 e. The molecule has 0 spiro atoms. The molecule has 1 fully saturated rings. The Bertz CT molecular complexity index is 835. The second-order valence-electron chi connectivity index (χ2n) is 6.16. The molecule has 3 rings (SSSR count). The highest BCUT2D eigenvalue weighted by Gasteiger charge is 2.29. The number of aromatic nitrogens is 2. The number of piperazine rings is 1. The second-order valence-corrected chi connectivity index (χ2v) is 8.10. The zero-order valence-electron chi connectivity index (χ0n) is 15.1. The summed E-state index contributed by atoms with van der Waals surface area (Å²) in [6.45, 7) is 6.49. The molecule has 0 saturated carbocycles. The van der Waals surface area contributed by atoms with Gasteiger partial charge in [0.1, 0.15) is 11.6 Å². The molecule has 1 aromatic heterocycles. The van der Waals surface area contributed by atoms with Crippen LogP contribution >= 0.6 is 0 Å². The van der Waals surface area contributed by atoms with E-state index < -0.39 is 10.0 Å². The van der Waals surface area contributed by atoms with E-state index in [1.54, 1.807) is 24.3 Å². The number of rotatable bonds is 6. The monoisotopic (exact) mass is 376 g/mol. The van der Waals surface area contributed by atoms with Gasteiger partial charge in [-0.1, -0.05) is 25.1 Å². The van der Waals surface area contributed by atoms with Crippen LogP contribution in [0.25, 0.3) is 0 Å². The number of anilines is 1. The summed E-state index contributed by atoms with van der Waals surface area (Å²) in [5.41, 5.74) is 0. The lowest BCUT2D eigenvalue weighted by Crippen LogP contribution is -2.49. The van der Waals surface area contributed by atoms with Crippen LogP contribution in [0.4, 0.5) is 5.82 Å². The lowest BCUT2D eigenvalue weighted by atomic mass is 10.3. The highest BCUT2D eigenvalue weighted by Crippen LogP contribution is 2.22. The molecule has 1 aromatic carbocycles. The van der Waals surface area contributed by atoms with Crippen LogP contribution in [0.2, 0.25) is 0 Å². The van der Waals surface area contributed by atoms with Crippen LogP contribution in [0.15, 0.2) is 41.3 Å². The third-order valence-electron chi connectivity index (χ3n) is 4.20. The van der Waals surface area contributed by atoms with Crippen molar-refractivity contribution in [2.75, 3.05) is 37.7 Å². The number of hydrogen-bond donors (Lipinski definition) is 0. The van der Waals surface area contributed by atoms with Crippen molar-refractivity contribution < 1.29 is 13.2 Å². The van der Waals surface area contributed by atoms with E-state index in [-0.39, 0.29) is 0 Å². The van der Waals surface area contributed by atoms with Crippen molar-refractivity contribution in [3.63, 3.8) is 0 Å². The Morgan fingerprint density at radius 1 is 1.08 bits per heavy atom. The highest BCUT2D eigenvalue weighted by atomic mass is 32.2. The first-order chi connectivity index (χ1) is 12.5. The maximum atomic E-state index is 12.7. The van der Waals surface area contributed by atoms with Crippen LogP contribution in [-0.2, 0) is 10.0 Å². The number of ether oxygens (including phenoxy) is 1. The number of aryl methyl sites for hydroxylation is 1. The Kier molecular flexibility index (Phi) is 5.73. The molecule has 0 aliphatic carbocycles. The Balaban J connectivity index is 1.70. The summed E-state index contributed by atoms with van der Waals surface area (Å²) in [4.78, 5) is 11.2. The fraction of sp³-hybridized carbons (Fsp3) is 0.444. The average molecular weight is 376 g/mol. The fourth-order valence-corrected chi connectivity index (χ4v) is 4.31. The van der Waals surface area contributed by atoms with Gasteiger partial charge in [-0.05, 0) is 25.5 Å². The van der Waals surface area contributed by atoms with E-state index in [1.165, 1.54) is 4.31 Å². The van der Waals surface area contributed by atoms with Gasteiger partial charge in [0.15, 0.2) is 0 Å². The van der Waals surface area contributed by atoms with Crippen molar-refractivity contribution in [3.8, 4) is 5.88 Å². The predicted octanol–water partition coefficient (Wildman–Crippen LogP) is 2.08. The van der Waals surface area contributed by atoms with Crippen LogP contribution in [-0.4, -0.2) is 55.5 Å². The van der Waals surface area contributed by atoms with Crippen molar-refractivity contribution >= 4 is 15.8 Å². The summed E-state index contributed by atoms with van der Waals surface area (Å²) in [7, 11) is -3.45. The molecule has 2 aromatic rings. The average Bonchev–Trinajstić information content (AvgIpc) is 2.67. The lowest BCUT2D eigenvalue weighted by Gasteiger charge is -2.34. The smallest absolute Gasteiger partial charge is 0.243 e. The molecule has 1 aliphatic heterocycles. The van der Waals surface area contributed by atoms with Crippen molar-refractivity contribution in [2.24, 2.45) is 0 Å². The number of hydrogen-bond acceptors (Lipinski definition) is 6. The van der Waals surface area contributed by atoms with E-state index in [4.69, 9.17) is 4.74 Å². The fourth-order valence-electron chi connectivity index (χ4n) is 2.87. The molecule has 26 heavy (non-hydrogen) atoms. The van der Waals surface area contributed by atoms with Gasteiger partial charge < -0.3 is 9.64 Å². The minimum Gasteiger partial charge on any atom is -0.478 e. The Morgan fingerprint density at radius 2 is 1.77 bits per heavy atom. The molecule has 0 atom stereocenters. The minimum atomic E-state index is -3.45. The van der Waals surface area contributed by atoms with E-state index in [0.29, 0.717) is 49.4 Å². The maximum absolute atomic E-state index is 12.7. The van der Waals surface area contributed by atoms with E-state index in [2.05, 4.69) is 14.9 Å². The van der Waals surface area contributed by atoms with E-state index in [0.717, 1.165) is 12.2 Å². The van der Waals surface area contributed by atoms with Crippen molar-refractivity contribution in [1.82, 2.24) is 14.3 Å². The second kappa shape index (κ2) is 8.01. The van der Waals surface area contributed by atoms with Crippen LogP contribution in [0.3, 0.4) is 0 Å². The number of benzene rings is 1. The number of nitrogens with zero attached hydrogens (tertiary/aromatic N) is 4. The summed E-state index contributed by atoms with van der Waals surface area (Å²) in [6.07, 6.45) is 0.911.